The first-order chi connectivity index (χ1) is 15.0. The molecule has 0 radical (unpaired) electrons. The Balaban J connectivity index is 2.75. The number of urea groups is 1. The maximum Gasteiger partial charge on any atom is 0.341 e. The first-order valence-electron chi connectivity index (χ1n) is 12.1. The molecule has 0 N–H and O–H groups in total. The van der Waals surface area contributed by atoms with E-state index in [4.69, 9.17) is 0 Å². The van der Waals surface area contributed by atoms with Crippen molar-refractivity contribution < 1.29 is 18.0 Å². The quantitative estimate of drug-likeness (QED) is 0.466. The lowest BCUT2D eigenvalue weighted by Crippen LogP contribution is -2.46. The van der Waals surface area contributed by atoms with E-state index in [1.165, 1.54) is 4.90 Å². The number of hydrogen-bond acceptors (Lipinski definition) is 4. The van der Waals surface area contributed by atoms with Gasteiger partial charge in [-0.1, -0.05) is 81.4 Å². The van der Waals surface area contributed by atoms with E-state index in [-0.39, 0.29) is 41.5 Å². The van der Waals surface area contributed by atoms with Gasteiger partial charge in [-0.2, -0.15) is 0 Å². The van der Waals surface area contributed by atoms with E-state index in [0.29, 0.717) is 6.42 Å². The number of sulfonamides is 1. The van der Waals surface area contributed by atoms with Gasteiger partial charge in [0.2, 0.25) is 5.91 Å². The van der Waals surface area contributed by atoms with Crippen molar-refractivity contribution >= 4 is 22.0 Å². The molecule has 1 heterocycles. The Hall–Kier alpha value is -1.89. The van der Waals surface area contributed by atoms with Gasteiger partial charge in [-0.25, -0.2) is 17.5 Å². The van der Waals surface area contributed by atoms with Crippen molar-refractivity contribution in [3.8, 4) is 0 Å². The Kier molecular flexibility index (Phi) is 8.10. The summed E-state index contributed by atoms with van der Waals surface area (Å²) in [6.07, 6.45) is 0.807. The molecule has 1 aliphatic rings. The molecule has 1 saturated heterocycles. The van der Waals surface area contributed by atoms with Crippen LogP contribution in [0.5, 0.6) is 0 Å². The van der Waals surface area contributed by atoms with Crippen molar-refractivity contribution in [1.29, 1.82) is 0 Å². The number of carbonyl (C=O) groups excluding carboxylic acids is 2. The zero-order valence-corrected chi connectivity index (χ0v) is 22.8. The highest BCUT2D eigenvalue weighted by Gasteiger charge is 2.51. The highest BCUT2D eigenvalue weighted by Crippen LogP contribution is 2.40. The molecular formula is C26H42N2O4S. The van der Waals surface area contributed by atoms with E-state index in [0.717, 1.165) is 21.0 Å². The van der Waals surface area contributed by atoms with Crippen LogP contribution in [0.25, 0.3) is 0 Å². The van der Waals surface area contributed by atoms with Crippen molar-refractivity contribution in [3.63, 3.8) is 0 Å². The van der Waals surface area contributed by atoms with Crippen LogP contribution in [-0.4, -0.2) is 42.1 Å². The van der Waals surface area contributed by atoms with Gasteiger partial charge in [-0.05, 0) is 46.3 Å². The van der Waals surface area contributed by atoms with Crippen LogP contribution in [0.2, 0.25) is 0 Å². The molecule has 0 aromatic heterocycles. The largest absolute Gasteiger partial charge is 0.341 e. The highest BCUT2D eigenvalue weighted by molar-refractivity contribution is 7.89. The summed E-state index contributed by atoms with van der Waals surface area (Å²) in [5.41, 5.74) is 2.08. The predicted molar refractivity (Wildman–Crippen MR) is 133 cm³/mol. The molecule has 1 aromatic rings. The van der Waals surface area contributed by atoms with Gasteiger partial charge in [-0.3, -0.25) is 9.69 Å². The minimum absolute atomic E-state index is 0.0267. The van der Waals surface area contributed by atoms with Crippen LogP contribution in [0.1, 0.15) is 117 Å². The summed E-state index contributed by atoms with van der Waals surface area (Å²) in [5, 5.41) is 0. The predicted octanol–water partition coefficient (Wildman–Crippen LogP) is 6.22. The Bertz CT molecular complexity index is 975. The van der Waals surface area contributed by atoms with Crippen molar-refractivity contribution in [1.82, 2.24) is 9.21 Å². The molecule has 1 aliphatic heterocycles. The van der Waals surface area contributed by atoms with Crippen LogP contribution in [0.15, 0.2) is 17.0 Å². The molecule has 1 aromatic carbocycles. The van der Waals surface area contributed by atoms with Gasteiger partial charge in [0.05, 0.1) is 17.5 Å². The Morgan fingerprint density at radius 2 is 1.48 bits per heavy atom. The average molecular weight is 479 g/mol. The molecule has 2 rings (SSSR count). The summed E-state index contributed by atoms with van der Waals surface area (Å²) in [6, 6.07) is 2.69. The first-order valence-corrected chi connectivity index (χ1v) is 13.6. The molecule has 6 nitrogen and oxygen atoms in total. The molecule has 0 unspecified atom stereocenters. The molecular weight excluding hydrogens is 436 g/mol. The fourth-order valence-corrected chi connectivity index (χ4v) is 6.38. The van der Waals surface area contributed by atoms with Crippen LogP contribution in [0.4, 0.5) is 4.79 Å². The lowest BCUT2D eigenvalue weighted by molar-refractivity contribution is -0.130. The van der Waals surface area contributed by atoms with Crippen molar-refractivity contribution in [2.75, 3.05) is 6.54 Å². The summed E-state index contributed by atoms with van der Waals surface area (Å²) in [7, 11) is -4.17. The number of imide groups is 1. The molecule has 33 heavy (non-hydrogen) atoms. The second-order valence-electron chi connectivity index (χ2n) is 11.2. The molecule has 0 saturated carbocycles. The van der Waals surface area contributed by atoms with Gasteiger partial charge < -0.3 is 0 Å². The average Bonchev–Trinajstić information content (AvgIpc) is 3.05. The summed E-state index contributed by atoms with van der Waals surface area (Å²) in [6.45, 7) is 19.7. The zero-order chi connectivity index (χ0) is 25.5. The standard InChI is InChI=1S/C26H42N2O4S/c1-11-12-23(29)28-22(26(8,9)10)15-27(25(28)30)33(31,32)24-20(17(4)5)13-19(16(2)3)14-21(24)18(6)7/h13-14,16-18,22H,11-12,15H2,1-10H3/t22-/m0/s1. The van der Waals surface area contributed by atoms with Crippen LogP contribution >= 0.6 is 0 Å². The second kappa shape index (κ2) is 9.77. The minimum atomic E-state index is -4.17. The minimum Gasteiger partial charge on any atom is -0.274 e. The van der Waals surface area contributed by atoms with Crippen LogP contribution < -0.4 is 0 Å². The van der Waals surface area contributed by atoms with Gasteiger partial charge in [0.15, 0.2) is 0 Å². The Labute approximate surface area is 200 Å². The maximum absolute atomic E-state index is 14.1. The van der Waals surface area contributed by atoms with Crippen LogP contribution in [0.3, 0.4) is 0 Å². The van der Waals surface area contributed by atoms with Gasteiger partial charge in [0, 0.05) is 6.42 Å². The number of nitrogens with zero attached hydrogens (tertiary/aromatic N) is 2. The van der Waals surface area contributed by atoms with Gasteiger partial charge in [0.25, 0.3) is 10.0 Å². The number of carbonyl (C=O) groups is 2. The third kappa shape index (κ3) is 5.28. The number of rotatable bonds is 7. The smallest absolute Gasteiger partial charge is 0.274 e. The van der Waals surface area contributed by atoms with E-state index in [1.807, 2.05) is 67.5 Å². The summed E-state index contributed by atoms with van der Waals surface area (Å²) in [4.78, 5) is 27.8. The zero-order valence-electron chi connectivity index (χ0n) is 22.0. The maximum atomic E-state index is 14.1. The normalized spacial score (nSPS) is 17.7. The molecule has 0 bridgehead atoms. The third-order valence-corrected chi connectivity index (χ3v) is 8.30. The van der Waals surface area contributed by atoms with Gasteiger partial charge in [0.1, 0.15) is 0 Å². The summed E-state index contributed by atoms with van der Waals surface area (Å²) < 4.78 is 29.2. The molecule has 0 aliphatic carbocycles. The topological polar surface area (TPSA) is 74.8 Å². The second-order valence-corrected chi connectivity index (χ2v) is 13.0. The Morgan fingerprint density at radius 1 is 1.00 bits per heavy atom. The fraction of sp³-hybridized carbons (Fsp3) is 0.692. The van der Waals surface area contributed by atoms with E-state index >= 15 is 0 Å². The van der Waals surface area contributed by atoms with Gasteiger partial charge >= 0.3 is 6.03 Å². The van der Waals surface area contributed by atoms with E-state index in [2.05, 4.69) is 13.8 Å². The number of amides is 3. The number of benzene rings is 1. The molecule has 1 atom stereocenters. The third-order valence-electron chi connectivity index (χ3n) is 6.43. The van der Waals surface area contributed by atoms with Gasteiger partial charge in [-0.15, -0.1) is 0 Å². The van der Waals surface area contributed by atoms with Crippen LogP contribution in [0, 0.1) is 5.41 Å². The van der Waals surface area contributed by atoms with Crippen LogP contribution in [-0.2, 0) is 14.8 Å². The van der Waals surface area contributed by atoms with E-state index < -0.39 is 27.5 Å². The molecule has 0 spiro atoms. The van der Waals surface area contributed by atoms with Crippen molar-refractivity contribution in [2.24, 2.45) is 5.41 Å². The lowest BCUT2D eigenvalue weighted by atomic mass is 9.86. The van der Waals surface area contributed by atoms with E-state index in [9.17, 15) is 18.0 Å². The Morgan fingerprint density at radius 3 is 1.85 bits per heavy atom. The molecule has 1 fully saturated rings. The lowest BCUT2D eigenvalue weighted by Gasteiger charge is -2.32. The molecule has 3 amide bonds. The monoisotopic (exact) mass is 478 g/mol. The van der Waals surface area contributed by atoms with E-state index in [1.54, 1.807) is 0 Å². The highest BCUT2D eigenvalue weighted by atomic mass is 32.2. The molecule has 7 heteroatoms. The number of hydrogen-bond donors (Lipinski definition) is 0. The van der Waals surface area contributed by atoms with Crippen molar-refractivity contribution in [2.45, 2.75) is 111 Å². The van der Waals surface area contributed by atoms with Crippen molar-refractivity contribution in [3.05, 3.63) is 28.8 Å². The summed E-state index contributed by atoms with van der Waals surface area (Å²) >= 11 is 0. The first kappa shape index (κ1) is 27.4. The SMILES string of the molecule is CCCC(=O)N1C(=O)N(S(=O)(=O)c2c(C(C)C)cc(C(C)C)cc2C(C)C)C[C@H]1C(C)(C)C. The molecule has 186 valence electrons. The fourth-order valence-electron chi connectivity index (χ4n) is 4.34. The summed E-state index contributed by atoms with van der Waals surface area (Å²) in [5.74, 6) is -0.152.